The van der Waals surface area contributed by atoms with Crippen molar-refractivity contribution in [3.8, 4) is 0 Å². The van der Waals surface area contributed by atoms with E-state index in [1.165, 1.54) is 270 Å². The van der Waals surface area contributed by atoms with Crippen LogP contribution in [-0.4, -0.2) is 47.4 Å². The summed E-state index contributed by atoms with van der Waals surface area (Å²) in [6, 6.07) is -0.643. The molecule has 71 heavy (non-hydrogen) atoms. The van der Waals surface area contributed by atoms with Gasteiger partial charge >= 0.3 is 5.97 Å². The zero-order valence-electron chi connectivity index (χ0n) is 48.0. The van der Waals surface area contributed by atoms with Crippen LogP contribution in [0.4, 0.5) is 0 Å². The van der Waals surface area contributed by atoms with Crippen LogP contribution in [0.3, 0.4) is 0 Å². The summed E-state index contributed by atoms with van der Waals surface area (Å²) in [5, 5.41) is 23.2. The molecule has 0 aromatic heterocycles. The second-order valence-electron chi connectivity index (χ2n) is 22.1. The molecule has 0 rings (SSSR count). The summed E-state index contributed by atoms with van der Waals surface area (Å²) < 4.78 is 5.49. The lowest BCUT2D eigenvalue weighted by molar-refractivity contribution is -0.143. The largest absolute Gasteiger partial charge is 0.466 e. The summed E-state index contributed by atoms with van der Waals surface area (Å²) in [5.41, 5.74) is 0. The normalized spacial score (nSPS) is 12.7. The van der Waals surface area contributed by atoms with Gasteiger partial charge in [-0.3, -0.25) is 9.59 Å². The summed E-state index contributed by atoms with van der Waals surface area (Å²) in [5.74, 6) is -0.0977. The van der Waals surface area contributed by atoms with E-state index in [9.17, 15) is 19.8 Å². The van der Waals surface area contributed by atoms with E-state index >= 15 is 0 Å². The Morgan fingerprint density at radius 1 is 0.380 bits per heavy atom. The topological polar surface area (TPSA) is 95.9 Å². The van der Waals surface area contributed by atoms with Crippen LogP contribution in [0.5, 0.6) is 0 Å². The van der Waals surface area contributed by atoms with Gasteiger partial charge < -0.3 is 20.3 Å². The van der Waals surface area contributed by atoms with Crippen molar-refractivity contribution in [1.82, 2.24) is 5.32 Å². The minimum Gasteiger partial charge on any atom is -0.466 e. The molecular weight excluding hydrogens is 875 g/mol. The van der Waals surface area contributed by atoms with Crippen molar-refractivity contribution in [2.24, 2.45) is 0 Å². The number of hydrogen-bond acceptors (Lipinski definition) is 5. The minimum atomic E-state index is -0.858. The van der Waals surface area contributed by atoms with Crippen molar-refractivity contribution >= 4 is 11.9 Å². The van der Waals surface area contributed by atoms with Crippen LogP contribution in [0, 0.1) is 0 Å². The maximum atomic E-state index is 12.5. The Balaban J connectivity index is 3.47. The molecular formula is C65H125NO5. The highest BCUT2D eigenvalue weighted by molar-refractivity contribution is 5.76. The van der Waals surface area contributed by atoms with Gasteiger partial charge in [0.25, 0.3) is 0 Å². The van der Waals surface area contributed by atoms with E-state index in [1.807, 2.05) is 6.08 Å². The van der Waals surface area contributed by atoms with Crippen molar-refractivity contribution in [2.45, 2.75) is 366 Å². The molecule has 0 spiro atoms. The molecule has 0 aliphatic rings. The van der Waals surface area contributed by atoms with Gasteiger partial charge in [0.2, 0.25) is 5.91 Å². The number of carbonyl (C=O) groups is 2. The predicted octanol–water partition coefficient (Wildman–Crippen LogP) is 20.2. The quantitative estimate of drug-likeness (QED) is 0.0320. The predicted molar refractivity (Wildman–Crippen MR) is 310 cm³/mol. The summed E-state index contributed by atoms with van der Waals surface area (Å²) >= 11 is 0. The van der Waals surface area contributed by atoms with Crippen LogP contribution >= 0.6 is 0 Å². The van der Waals surface area contributed by atoms with Gasteiger partial charge in [-0.1, -0.05) is 308 Å². The molecule has 0 aromatic rings. The molecule has 1 amide bonds. The lowest BCUT2D eigenvalue weighted by Gasteiger charge is -2.20. The van der Waals surface area contributed by atoms with E-state index in [0.717, 1.165) is 57.8 Å². The number of nitrogens with one attached hydrogen (secondary N) is 1. The highest BCUT2D eigenvalue weighted by Gasteiger charge is 2.18. The van der Waals surface area contributed by atoms with Crippen LogP contribution in [0.2, 0.25) is 0 Å². The second kappa shape index (κ2) is 60.9. The number of amides is 1. The zero-order valence-corrected chi connectivity index (χ0v) is 48.0. The summed E-state index contributed by atoms with van der Waals surface area (Å²) in [7, 11) is 0. The third kappa shape index (κ3) is 57.5. The fraction of sp³-hybridized carbons (Fsp3) is 0.908. The average Bonchev–Trinajstić information content (AvgIpc) is 3.37. The molecule has 6 nitrogen and oxygen atoms in total. The second-order valence-corrected chi connectivity index (χ2v) is 22.1. The molecule has 0 bridgehead atoms. The highest BCUT2D eigenvalue weighted by atomic mass is 16.5. The lowest BCUT2D eigenvalue weighted by Crippen LogP contribution is -2.45. The van der Waals surface area contributed by atoms with Gasteiger partial charge in [-0.25, -0.2) is 0 Å². The van der Waals surface area contributed by atoms with E-state index in [0.29, 0.717) is 19.4 Å². The summed E-state index contributed by atoms with van der Waals surface area (Å²) in [6.07, 6.45) is 75.0. The van der Waals surface area contributed by atoms with Crippen molar-refractivity contribution in [1.29, 1.82) is 0 Å². The van der Waals surface area contributed by atoms with Gasteiger partial charge in [-0.05, 0) is 57.8 Å². The van der Waals surface area contributed by atoms with Crippen molar-refractivity contribution in [3.63, 3.8) is 0 Å². The first-order chi connectivity index (χ1) is 35.0. The number of aliphatic hydroxyl groups excluding tert-OH is 2. The summed E-state index contributed by atoms with van der Waals surface area (Å²) in [4.78, 5) is 24.6. The number of esters is 1. The molecule has 0 aliphatic heterocycles. The average molecular weight is 1000 g/mol. The van der Waals surface area contributed by atoms with Crippen molar-refractivity contribution in [2.75, 3.05) is 13.2 Å². The van der Waals surface area contributed by atoms with Crippen LogP contribution in [0.25, 0.3) is 0 Å². The molecule has 2 atom stereocenters. The maximum Gasteiger partial charge on any atom is 0.305 e. The van der Waals surface area contributed by atoms with Gasteiger partial charge in [0.1, 0.15) is 0 Å². The SMILES string of the molecule is CCCCCCCC/C=C\CCCCCCCCCCCC(=O)OCCCCCCCCCCCCCC(=O)NC(CO)C(O)/C=C/CCCCCCCCCCCCCCCCCCCCCCCC. The first-order valence-corrected chi connectivity index (χ1v) is 32.1. The molecule has 0 aliphatic carbocycles. The number of aliphatic hydroxyl groups is 2. The minimum absolute atomic E-state index is 0.0147. The van der Waals surface area contributed by atoms with Gasteiger partial charge in [0, 0.05) is 12.8 Å². The number of carbonyl (C=O) groups excluding carboxylic acids is 2. The standard InChI is InChI=1S/C65H125NO5/c1-3-5-7-9-11-13-15-17-19-21-23-24-25-26-27-29-30-32-34-37-41-45-49-53-57-63(68)62(61-67)66-64(69)58-54-50-46-42-38-36-40-44-48-52-56-60-71-65(70)59-55-51-47-43-39-35-33-31-28-22-20-18-16-14-12-10-8-6-4-2/h18,20,53,57,62-63,67-68H,3-17,19,21-52,54-56,58-61H2,1-2H3,(H,66,69)/b20-18-,57-53+. The van der Waals surface area contributed by atoms with Crippen LogP contribution in [0.15, 0.2) is 24.3 Å². The third-order valence-corrected chi connectivity index (χ3v) is 15.0. The molecule has 0 saturated heterocycles. The molecule has 0 aromatic carbocycles. The first kappa shape index (κ1) is 69.3. The number of ether oxygens (including phenoxy) is 1. The Kier molecular flexibility index (Phi) is 59.5. The van der Waals surface area contributed by atoms with Gasteiger partial charge in [0.15, 0.2) is 0 Å². The Bertz CT molecular complexity index is 1110. The molecule has 420 valence electrons. The molecule has 0 heterocycles. The fourth-order valence-electron chi connectivity index (χ4n) is 10.0. The molecule has 0 saturated carbocycles. The smallest absolute Gasteiger partial charge is 0.305 e. The Hall–Kier alpha value is -1.66. The third-order valence-electron chi connectivity index (χ3n) is 15.0. The highest BCUT2D eigenvalue weighted by Crippen LogP contribution is 2.18. The van der Waals surface area contributed by atoms with Crippen LogP contribution in [0.1, 0.15) is 354 Å². The van der Waals surface area contributed by atoms with Gasteiger partial charge in [-0.15, -0.1) is 0 Å². The zero-order chi connectivity index (χ0) is 51.4. The number of hydrogen-bond donors (Lipinski definition) is 3. The van der Waals surface area contributed by atoms with E-state index in [4.69, 9.17) is 4.74 Å². The van der Waals surface area contributed by atoms with E-state index < -0.39 is 12.1 Å². The Morgan fingerprint density at radius 3 is 1.00 bits per heavy atom. The fourth-order valence-corrected chi connectivity index (χ4v) is 10.0. The van der Waals surface area contributed by atoms with E-state index in [2.05, 4.69) is 31.3 Å². The van der Waals surface area contributed by atoms with Crippen molar-refractivity contribution < 1.29 is 24.5 Å². The molecule has 0 fully saturated rings. The maximum absolute atomic E-state index is 12.5. The monoisotopic (exact) mass is 1000 g/mol. The Morgan fingerprint density at radius 2 is 0.662 bits per heavy atom. The molecule has 3 N–H and O–H groups in total. The molecule has 6 heteroatoms. The number of allylic oxidation sites excluding steroid dienone is 3. The summed E-state index contributed by atoms with van der Waals surface area (Å²) in [6.45, 7) is 4.89. The van der Waals surface area contributed by atoms with Gasteiger partial charge in [-0.2, -0.15) is 0 Å². The van der Waals surface area contributed by atoms with E-state index in [1.54, 1.807) is 6.08 Å². The van der Waals surface area contributed by atoms with Crippen LogP contribution in [-0.2, 0) is 14.3 Å². The Labute approximate surface area is 443 Å². The lowest BCUT2D eigenvalue weighted by atomic mass is 10.0. The molecule has 2 unspecified atom stereocenters. The first-order valence-electron chi connectivity index (χ1n) is 32.1. The molecule has 0 radical (unpaired) electrons. The van der Waals surface area contributed by atoms with Crippen molar-refractivity contribution in [3.05, 3.63) is 24.3 Å². The van der Waals surface area contributed by atoms with Gasteiger partial charge in [0.05, 0.1) is 25.4 Å². The number of unbranched alkanes of at least 4 members (excludes halogenated alkanes) is 47. The van der Waals surface area contributed by atoms with E-state index in [-0.39, 0.29) is 18.5 Å². The number of rotatable bonds is 60. The van der Waals surface area contributed by atoms with Crippen LogP contribution < -0.4 is 5.32 Å².